The number of nitrogens with zero attached hydrogens (tertiary/aromatic N) is 1. The van der Waals surface area contributed by atoms with Gasteiger partial charge in [0.05, 0.1) is 12.0 Å². The van der Waals surface area contributed by atoms with Gasteiger partial charge >= 0.3 is 0 Å². The molecule has 156 valence electrons. The average molecular weight is 441 g/mol. The first-order chi connectivity index (χ1) is 14.3. The summed E-state index contributed by atoms with van der Waals surface area (Å²) in [6.07, 6.45) is 1.98. The van der Waals surface area contributed by atoms with Gasteiger partial charge in [-0.15, -0.1) is 0 Å². The largest absolute Gasteiger partial charge is 0.497 e. The lowest BCUT2D eigenvalue weighted by Gasteiger charge is -2.16. The Morgan fingerprint density at radius 1 is 1.17 bits per heavy atom. The lowest BCUT2D eigenvalue weighted by Crippen LogP contribution is -2.31. The van der Waals surface area contributed by atoms with E-state index in [4.69, 9.17) is 17.0 Å². The predicted molar refractivity (Wildman–Crippen MR) is 127 cm³/mol. The SMILES string of the molecule is COc1ccc(/C=C2\SC(=S)N(CCC(=O)Nc3c(C)cc(C)cc3C)C2=O)cc1. The fourth-order valence-electron chi connectivity index (χ4n) is 3.34. The third-order valence-electron chi connectivity index (χ3n) is 4.79. The normalized spacial score (nSPS) is 15.1. The Hall–Kier alpha value is -2.64. The number of hydrogen-bond donors (Lipinski definition) is 1. The second-order valence-electron chi connectivity index (χ2n) is 7.18. The summed E-state index contributed by atoms with van der Waals surface area (Å²) < 4.78 is 5.62. The Morgan fingerprint density at radius 2 is 1.80 bits per heavy atom. The van der Waals surface area contributed by atoms with Gasteiger partial charge in [0, 0.05) is 18.7 Å². The van der Waals surface area contributed by atoms with Crippen molar-refractivity contribution in [3.8, 4) is 5.75 Å². The van der Waals surface area contributed by atoms with Crippen LogP contribution in [0.1, 0.15) is 28.7 Å². The molecular formula is C23H24N2O3S2. The maximum absolute atomic E-state index is 12.8. The fourth-order valence-corrected chi connectivity index (χ4v) is 4.65. The molecule has 1 aliphatic heterocycles. The molecule has 0 saturated carbocycles. The zero-order valence-corrected chi connectivity index (χ0v) is 19.1. The van der Waals surface area contributed by atoms with Crippen LogP contribution in [0.2, 0.25) is 0 Å². The molecular weight excluding hydrogens is 416 g/mol. The van der Waals surface area contributed by atoms with Crippen LogP contribution in [0, 0.1) is 20.8 Å². The molecule has 0 aromatic heterocycles. The van der Waals surface area contributed by atoms with Crippen LogP contribution in [-0.2, 0) is 9.59 Å². The molecule has 1 heterocycles. The first-order valence-corrected chi connectivity index (χ1v) is 10.8. The van der Waals surface area contributed by atoms with E-state index in [1.165, 1.54) is 16.7 Å². The minimum Gasteiger partial charge on any atom is -0.497 e. The summed E-state index contributed by atoms with van der Waals surface area (Å²) >= 11 is 6.62. The number of aryl methyl sites for hydroxylation is 3. The minimum absolute atomic E-state index is 0.141. The van der Waals surface area contributed by atoms with Crippen molar-refractivity contribution in [1.82, 2.24) is 4.90 Å². The number of methoxy groups -OCH3 is 1. The quantitative estimate of drug-likeness (QED) is 0.514. The number of benzene rings is 2. The highest BCUT2D eigenvalue weighted by Gasteiger charge is 2.32. The van der Waals surface area contributed by atoms with E-state index in [9.17, 15) is 9.59 Å². The minimum atomic E-state index is -0.170. The second-order valence-corrected chi connectivity index (χ2v) is 8.85. The van der Waals surface area contributed by atoms with E-state index in [0.717, 1.165) is 33.7 Å². The smallest absolute Gasteiger partial charge is 0.266 e. The highest BCUT2D eigenvalue weighted by atomic mass is 32.2. The van der Waals surface area contributed by atoms with Gasteiger partial charge in [-0.3, -0.25) is 14.5 Å². The summed E-state index contributed by atoms with van der Waals surface area (Å²) in [5.41, 5.74) is 4.92. The first kappa shape index (κ1) is 22.1. The zero-order valence-electron chi connectivity index (χ0n) is 17.4. The topological polar surface area (TPSA) is 58.6 Å². The maximum Gasteiger partial charge on any atom is 0.266 e. The van der Waals surface area contributed by atoms with Crippen molar-refractivity contribution >= 4 is 51.9 Å². The number of nitrogens with one attached hydrogen (secondary N) is 1. The monoisotopic (exact) mass is 440 g/mol. The van der Waals surface area contributed by atoms with Gasteiger partial charge in [-0.1, -0.05) is 53.8 Å². The van der Waals surface area contributed by atoms with Crippen molar-refractivity contribution in [1.29, 1.82) is 0 Å². The Kier molecular flexibility index (Phi) is 6.95. The van der Waals surface area contributed by atoms with E-state index in [2.05, 4.69) is 5.32 Å². The highest BCUT2D eigenvalue weighted by molar-refractivity contribution is 8.26. The molecule has 2 aromatic rings. The van der Waals surface area contributed by atoms with Gasteiger partial charge in [0.25, 0.3) is 5.91 Å². The summed E-state index contributed by atoms with van der Waals surface area (Å²) in [7, 11) is 1.61. The molecule has 0 spiro atoms. The number of anilines is 1. The van der Waals surface area contributed by atoms with Crippen molar-refractivity contribution in [2.45, 2.75) is 27.2 Å². The van der Waals surface area contributed by atoms with Gasteiger partial charge in [0.15, 0.2) is 0 Å². The van der Waals surface area contributed by atoms with Crippen LogP contribution >= 0.6 is 24.0 Å². The van der Waals surface area contributed by atoms with Crippen molar-refractivity contribution < 1.29 is 14.3 Å². The van der Waals surface area contributed by atoms with Gasteiger partial charge < -0.3 is 10.1 Å². The average Bonchev–Trinajstić information content (AvgIpc) is 2.96. The van der Waals surface area contributed by atoms with Crippen LogP contribution in [0.3, 0.4) is 0 Å². The van der Waals surface area contributed by atoms with E-state index in [1.807, 2.05) is 57.2 Å². The van der Waals surface area contributed by atoms with E-state index in [0.29, 0.717) is 9.23 Å². The van der Waals surface area contributed by atoms with Crippen LogP contribution in [-0.4, -0.2) is 34.7 Å². The van der Waals surface area contributed by atoms with Crippen LogP contribution < -0.4 is 10.1 Å². The molecule has 1 saturated heterocycles. The number of thiocarbonyl (C=S) groups is 1. The van der Waals surface area contributed by atoms with Crippen molar-refractivity contribution in [3.63, 3.8) is 0 Å². The molecule has 7 heteroatoms. The molecule has 1 N–H and O–H groups in total. The van der Waals surface area contributed by atoms with Crippen molar-refractivity contribution in [2.75, 3.05) is 19.0 Å². The Balaban J connectivity index is 1.63. The molecule has 0 aliphatic carbocycles. The predicted octanol–water partition coefficient (Wildman–Crippen LogP) is 4.85. The van der Waals surface area contributed by atoms with Crippen LogP contribution in [0.4, 0.5) is 5.69 Å². The molecule has 0 bridgehead atoms. The third kappa shape index (κ3) is 5.09. The van der Waals surface area contributed by atoms with Crippen molar-refractivity contribution in [3.05, 3.63) is 63.6 Å². The van der Waals surface area contributed by atoms with E-state index in [1.54, 1.807) is 13.2 Å². The van der Waals surface area contributed by atoms with Gasteiger partial charge in [-0.2, -0.15) is 0 Å². The summed E-state index contributed by atoms with van der Waals surface area (Å²) in [6, 6.07) is 11.5. The zero-order chi connectivity index (χ0) is 21.8. The number of rotatable bonds is 6. The standard InChI is InChI=1S/C23H24N2O3S2/c1-14-11-15(2)21(16(3)12-14)24-20(26)9-10-25-22(27)19(30-23(25)29)13-17-5-7-18(28-4)8-6-17/h5-8,11-13H,9-10H2,1-4H3,(H,24,26)/b19-13-. The van der Waals surface area contributed by atoms with Crippen LogP contribution in [0.25, 0.3) is 6.08 Å². The maximum atomic E-state index is 12.8. The number of carbonyl (C=O) groups excluding carboxylic acids is 2. The van der Waals surface area contributed by atoms with Gasteiger partial charge in [0.2, 0.25) is 5.91 Å². The second kappa shape index (κ2) is 9.45. The highest BCUT2D eigenvalue weighted by Crippen LogP contribution is 2.33. The molecule has 2 aromatic carbocycles. The Morgan fingerprint density at radius 3 is 2.40 bits per heavy atom. The molecule has 0 atom stereocenters. The Bertz CT molecular complexity index is 1010. The molecule has 1 aliphatic rings. The molecule has 0 radical (unpaired) electrons. The Labute approximate surface area is 186 Å². The first-order valence-electron chi connectivity index (χ1n) is 9.55. The number of amides is 2. The third-order valence-corrected chi connectivity index (χ3v) is 6.17. The van der Waals surface area contributed by atoms with Crippen LogP contribution in [0.5, 0.6) is 5.75 Å². The number of thioether (sulfide) groups is 1. The van der Waals surface area contributed by atoms with Crippen LogP contribution in [0.15, 0.2) is 41.3 Å². The molecule has 3 rings (SSSR count). The summed E-state index contributed by atoms with van der Waals surface area (Å²) in [5.74, 6) is 0.444. The van der Waals surface area contributed by atoms with Gasteiger partial charge in [-0.25, -0.2) is 0 Å². The summed E-state index contributed by atoms with van der Waals surface area (Å²) in [6.45, 7) is 6.23. The van der Waals surface area contributed by atoms with E-state index < -0.39 is 0 Å². The summed E-state index contributed by atoms with van der Waals surface area (Å²) in [4.78, 5) is 27.3. The van der Waals surface area contributed by atoms with Gasteiger partial charge in [0.1, 0.15) is 10.1 Å². The van der Waals surface area contributed by atoms with E-state index >= 15 is 0 Å². The number of carbonyl (C=O) groups is 2. The fraction of sp³-hybridized carbons (Fsp3) is 0.261. The number of ether oxygens (including phenoxy) is 1. The molecule has 30 heavy (non-hydrogen) atoms. The molecule has 1 fully saturated rings. The molecule has 0 unspecified atom stereocenters. The number of hydrogen-bond acceptors (Lipinski definition) is 5. The summed E-state index contributed by atoms with van der Waals surface area (Å²) in [5, 5.41) is 2.97. The molecule has 2 amide bonds. The van der Waals surface area contributed by atoms with Crippen molar-refractivity contribution in [2.24, 2.45) is 0 Å². The molecule has 5 nitrogen and oxygen atoms in total. The lowest BCUT2D eigenvalue weighted by molar-refractivity contribution is -0.122. The lowest BCUT2D eigenvalue weighted by atomic mass is 10.1. The van der Waals surface area contributed by atoms with E-state index in [-0.39, 0.29) is 24.8 Å². The van der Waals surface area contributed by atoms with Gasteiger partial charge in [-0.05, 0) is 55.7 Å².